The second-order valence-corrected chi connectivity index (χ2v) is 7.96. The van der Waals surface area contributed by atoms with Gasteiger partial charge in [-0.25, -0.2) is 4.98 Å². The van der Waals surface area contributed by atoms with Crippen molar-refractivity contribution in [2.75, 3.05) is 37.4 Å². The van der Waals surface area contributed by atoms with Gasteiger partial charge in [0.25, 0.3) is 0 Å². The monoisotopic (exact) mass is 468 g/mol. The lowest BCUT2D eigenvalue weighted by Crippen LogP contribution is -2.33. The van der Waals surface area contributed by atoms with Crippen LogP contribution < -0.4 is 15.4 Å². The van der Waals surface area contributed by atoms with Gasteiger partial charge in [-0.15, -0.1) is 0 Å². The topological polar surface area (TPSA) is 101 Å². The molecule has 0 aliphatic heterocycles. The summed E-state index contributed by atoms with van der Waals surface area (Å²) in [5.41, 5.74) is 2.73. The Bertz CT molecular complexity index is 1120. The second-order valence-electron chi connectivity index (χ2n) is 7.96. The van der Waals surface area contributed by atoms with E-state index in [4.69, 9.17) is 4.74 Å². The number of likely N-dealkylation sites (N-methyl/N-ethyl adjacent to an activating group) is 1. The molecule has 0 fully saturated rings. The number of nitrogens with one attached hydrogen (secondary N) is 2. The third-order valence-corrected chi connectivity index (χ3v) is 5.05. The van der Waals surface area contributed by atoms with E-state index in [0.717, 1.165) is 11.3 Å². The van der Waals surface area contributed by atoms with Gasteiger partial charge in [-0.05, 0) is 32.0 Å². The molecule has 180 valence electrons. The Morgan fingerprint density at radius 2 is 1.91 bits per heavy atom. The van der Waals surface area contributed by atoms with E-state index < -0.39 is 5.95 Å². The zero-order valence-electron chi connectivity index (χ0n) is 19.5. The molecule has 10 heteroatoms. The van der Waals surface area contributed by atoms with Crippen LogP contribution >= 0.6 is 0 Å². The van der Waals surface area contributed by atoms with Crippen LogP contribution in [-0.4, -0.2) is 58.2 Å². The Hall–Kier alpha value is -3.95. The van der Waals surface area contributed by atoms with E-state index in [1.165, 1.54) is 17.1 Å². The van der Waals surface area contributed by atoms with Crippen LogP contribution in [0.5, 0.6) is 5.75 Å². The van der Waals surface area contributed by atoms with E-state index in [1.807, 2.05) is 31.2 Å². The highest BCUT2D eigenvalue weighted by atomic mass is 19.1. The minimum absolute atomic E-state index is 0.0510. The molecule has 1 aromatic carbocycles. The number of aromatic nitrogens is 3. The summed E-state index contributed by atoms with van der Waals surface area (Å²) >= 11 is 0. The van der Waals surface area contributed by atoms with Gasteiger partial charge in [0.05, 0.1) is 30.3 Å². The molecule has 0 saturated heterocycles. The predicted molar refractivity (Wildman–Crippen MR) is 127 cm³/mol. The van der Waals surface area contributed by atoms with Crippen LogP contribution in [0.3, 0.4) is 0 Å². The molecule has 2 aromatic heterocycles. The van der Waals surface area contributed by atoms with Crippen molar-refractivity contribution in [1.29, 1.82) is 0 Å². The number of amides is 2. The van der Waals surface area contributed by atoms with E-state index >= 15 is 0 Å². The van der Waals surface area contributed by atoms with Gasteiger partial charge in [-0.1, -0.05) is 17.7 Å². The van der Waals surface area contributed by atoms with Crippen molar-refractivity contribution in [2.45, 2.75) is 26.8 Å². The number of ether oxygens (including phenoxy) is 1. The van der Waals surface area contributed by atoms with Gasteiger partial charge in [-0.2, -0.15) is 9.49 Å². The molecule has 3 rings (SSSR count). The Morgan fingerprint density at radius 3 is 2.65 bits per heavy atom. The summed E-state index contributed by atoms with van der Waals surface area (Å²) in [4.78, 5) is 29.8. The van der Waals surface area contributed by atoms with Crippen LogP contribution in [0.2, 0.25) is 0 Å². The largest absolute Gasteiger partial charge is 0.492 e. The predicted octanol–water partition coefficient (Wildman–Crippen LogP) is 3.01. The smallest absolute Gasteiger partial charge is 0.244 e. The minimum atomic E-state index is -0.513. The highest BCUT2D eigenvalue weighted by molar-refractivity contribution is 5.90. The van der Waals surface area contributed by atoms with Crippen LogP contribution in [0.1, 0.15) is 17.5 Å². The molecule has 0 atom stereocenters. The second kappa shape index (κ2) is 11.8. The first-order chi connectivity index (χ1) is 16.3. The minimum Gasteiger partial charge on any atom is -0.492 e. The van der Waals surface area contributed by atoms with Gasteiger partial charge < -0.3 is 20.3 Å². The summed E-state index contributed by atoms with van der Waals surface area (Å²) in [7, 11) is 1.71. The van der Waals surface area contributed by atoms with Crippen LogP contribution in [-0.2, 0) is 16.1 Å². The van der Waals surface area contributed by atoms with E-state index in [1.54, 1.807) is 31.1 Å². The first kappa shape index (κ1) is 24.7. The normalized spacial score (nSPS) is 10.6. The highest BCUT2D eigenvalue weighted by Gasteiger charge is 2.12. The number of hydrogen-bond acceptors (Lipinski definition) is 6. The molecule has 2 heterocycles. The number of rotatable bonds is 11. The van der Waals surface area contributed by atoms with Gasteiger partial charge in [0.1, 0.15) is 18.9 Å². The lowest BCUT2D eigenvalue weighted by atomic mass is 10.2. The first-order valence-electron chi connectivity index (χ1n) is 10.9. The van der Waals surface area contributed by atoms with Crippen LogP contribution in [0.15, 0.2) is 48.9 Å². The number of anilines is 2. The van der Waals surface area contributed by atoms with Gasteiger partial charge >= 0.3 is 0 Å². The molecule has 3 aromatic rings. The van der Waals surface area contributed by atoms with E-state index in [2.05, 4.69) is 20.7 Å². The molecule has 0 aliphatic rings. The van der Waals surface area contributed by atoms with Gasteiger partial charge in [0.15, 0.2) is 0 Å². The number of nitrogens with zero attached hydrogens (tertiary/aromatic N) is 4. The van der Waals surface area contributed by atoms with Crippen molar-refractivity contribution in [1.82, 2.24) is 19.7 Å². The third kappa shape index (κ3) is 7.58. The molecular weight excluding hydrogens is 439 g/mol. The molecule has 0 saturated carbocycles. The fourth-order valence-electron chi connectivity index (χ4n) is 3.03. The van der Waals surface area contributed by atoms with Crippen molar-refractivity contribution in [2.24, 2.45) is 0 Å². The Kier molecular flexibility index (Phi) is 8.55. The molecule has 2 amide bonds. The molecule has 0 bridgehead atoms. The fourth-order valence-corrected chi connectivity index (χ4v) is 3.03. The van der Waals surface area contributed by atoms with Crippen LogP contribution in [0.25, 0.3) is 0 Å². The van der Waals surface area contributed by atoms with Crippen LogP contribution in [0, 0.1) is 19.8 Å². The number of carbonyl (C=O) groups excluding carboxylic acids is 2. The molecular formula is C24H29FN6O3. The zero-order valence-corrected chi connectivity index (χ0v) is 19.5. The number of benzene rings is 1. The maximum Gasteiger partial charge on any atom is 0.244 e. The van der Waals surface area contributed by atoms with Crippen molar-refractivity contribution in [3.05, 3.63) is 66.0 Å². The Morgan fingerprint density at radius 1 is 1.15 bits per heavy atom. The van der Waals surface area contributed by atoms with E-state index in [-0.39, 0.29) is 24.8 Å². The molecule has 0 spiro atoms. The summed E-state index contributed by atoms with van der Waals surface area (Å²) in [5.74, 6) is -0.0875. The highest BCUT2D eigenvalue weighted by Crippen LogP contribution is 2.12. The van der Waals surface area contributed by atoms with Crippen LogP contribution in [0.4, 0.5) is 15.8 Å². The standard InChI is InChI=1S/C24H29FN6O3/c1-17-4-6-21(7-5-17)34-11-10-30(3)23(33)16-31-15-20(14-28-31)29-22(32)8-9-26-19-12-18(2)24(25)27-13-19/h4-7,12-15,26H,8-11,16H2,1-3H3,(H,29,32). The fraction of sp³-hybridized carbons (Fsp3) is 0.333. The van der Waals surface area contributed by atoms with Crippen molar-refractivity contribution in [3.8, 4) is 5.75 Å². The van der Waals surface area contributed by atoms with Gasteiger partial charge in [0.2, 0.25) is 17.8 Å². The molecule has 0 aliphatic carbocycles. The van der Waals surface area contributed by atoms with E-state index in [9.17, 15) is 14.0 Å². The summed E-state index contributed by atoms with van der Waals surface area (Å²) in [6.45, 7) is 4.87. The SMILES string of the molecule is Cc1ccc(OCCN(C)C(=O)Cn2cc(NC(=O)CCNc3cnc(F)c(C)c3)cn2)cc1. The molecule has 2 N–H and O–H groups in total. The molecule has 0 unspecified atom stereocenters. The average Bonchev–Trinajstić information content (AvgIpc) is 3.23. The number of carbonyl (C=O) groups is 2. The number of aryl methyl sites for hydroxylation is 2. The first-order valence-corrected chi connectivity index (χ1v) is 10.9. The quantitative estimate of drug-likeness (QED) is 0.420. The third-order valence-electron chi connectivity index (χ3n) is 5.05. The van der Waals surface area contributed by atoms with Crippen molar-refractivity contribution in [3.63, 3.8) is 0 Å². The Balaban J connectivity index is 1.37. The number of halogens is 1. The summed E-state index contributed by atoms with van der Waals surface area (Å²) < 4.78 is 20.3. The van der Waals surface area contributed by atoms with Crippen molar-refractivity contribution >= 4 is 23.2 Å². The maximum absolute atomic E-state index is 13.2. The van der Waals surface area contributed by atoms with Crippen molar-refractivity contribution < 1.29 is 18.7 Å². The maximum atomic E-state index is 13.2. The molecule has 0 radical (unpaired) electrons. The van der Waals surface area contributed by atoms with Gasteiger partial charge in [-0.3, -0.25) is 14.3 Å². The summed E-state index contributed by atoms with van der Waals surface area (Å²) in [6, 6.07) is 9.37. The lowest BCUT2D eigenvalue weighted by Gasteiger charge is -2.17. The Labute approximate surface area is 197 Å². The summed E-state index contributed by atoms with van der Waals surface area (Å²) in [6.07, 6.45) is 4.68. The molecule has 9 nitrogen and oxygen atoms in total. The molecule has 34 heavy (non-hydrogen) atoms. The average molecular weight is 469 g/mol. The van der Waals surface area contributed by atoms with E-state index in [0.29, 0.717) is 36.6 Å². The van der Waals surface area contributed by atoms with Gasteiger partial charge in [0, 0.05) is 31.8 Å². The lowest BCUT2D eigenvalue weighted by molar-refractivity contribution is -0.131. The summed E-state index contributed by atoms with van der Waals surface area (Å²) in [5, 5.41) is 9.91. The number of pyridine rings is 1. The number of hydrogen-bond donors (Lipinski definition) is 2. The zero-order chi connectivity index (χ0) is 24.5.